The lowest BCUT2D eigenvalue weighted by Gasteiger charge is -2.08. The molecule has 19 heavy (non-hydrogen) atoms. The SMILES string of the molecule is COCCn1nc(-c2cccs2)cc(CC#N)c1=O. The Bertz CT molecular complexity index is 641. The summed E-state index contributed by atoms with van der Waals surface area (Å²) in [5.74, 6) is 0. The monoisotopic (exact) mass is 275 g/mol. The maximum atomic E-state index is 12.1. The van der Waals surface area contributed by atoms with E-state index in [0.717, 1.165) is 10.6 Å². The normalized spacial score (nSPS) is 10.3. The number of rotatable bonds is 5. The Balaban J connectivity index is 2.48. The van der Waals surface area contributed by atoms with Gasteiger partial charge < -0.3 is 4.74 Å². The molecular weight excluding hydrogens is 262 g/mol. The first-order chi connectivity index (χ1) is 9.26. The van der Waals surface area contributed by atoms with Gasteiger partial charge in [0, 0.05) is 12.7 Å². The second-order valence-corrected chi connectivity index (χ2v) is 4.84. The molecule has 0 saturated carbocycles. The molecule has 0 fully saturated rings. The molecule has 0 spiro atoms. The standard InChI is InChI=1S/C13H13N3O2S/c1-18-7-6-16-13(17)10(4-5-14)9-11(15-16)12-3-2-8-19-12/h2-3,8-9H,4,6-7H2,1H3. The highest BCUT2D eigenvalue weighted by atomic mass is 32.1. The van der Waals surface area contributed by atoms with Crippen molar-refractivity contribution in [3.63, 3.8) is 0 Å². The molecule has 6 heteroatoms. The van der Waals surface area contributed by atoms with E-state index < -0.39 is 0 Å². The molecule has 0 unspecified atom stereocenters. The minimum absolute atomic E-state index is 0.0900. The fraction of sp³-hybridized carbons (Fsp3) is 0.308. The average molecular weight is 275 g/mol. The summed E-state index contributed by atoms with van der Waals surface area (Å²) in [6.45, 7) is 0.791. The molecule has 0 amide bonds. The molecule has 0 radical (unpaired) electrons. The lowest BCUT2D eigenvalue weighted by atomic mass is 10.2. The van der Waals surface area contributed by atoms with Gasteiger partial charge >= 0.3 is 0 Å². The van der Waals surface area contributed by atoms with Crippen LogP contribution in [0.3, 0.4) is 0 Å². The van der Waals surface area contributed by atoms with E-state index in [-0.39, 0.29) is 12.0 Å². The highest BCUT2D eigenvalue weighted by Crippen LogP contribution is 2.22. The Morgan fingerprint density at radius 1 is 1.58 bits per heavy atom. The van der Waals surface area contributed by atoms with Gasteiger partial charge in [-0.25, -0.2) is 4.68 Å². The smallest absolute Gasteiger partial charge is 0.271 e. The number of thiophene rings is 1. The van der Waals surface area contributed by atoms with Crippen LogP contribution in [0.4, 0.5) is 0 Å². The minimum Gasteiger partial charge on any atom is -0.383 e. The zero-order valence-electron chi connectivity index (χ0n) is 10.5. The van der Waals surface area contributed by atoms with Gasteiger partial charge in [0.2, 0.25) is 0 Å². The van der Waals surface area contributed by atoms with Crippen LogP contribution in [0.2, 0.25) is 0 Å². The predicted octanol–water partition coefficient (Wildman–Crippen LogP) is 1.68. The van der Waals surface area contributed by atoms with Crippen LogP contribution in [0, 0.1) is 11.3 Å². The molecule has 0 atom stereocenters. The van der Waals surface area contributed by atoms with E-state index >= 15 is 0 Å². The number of nitrogens with zero attached hydrogens (tertiary/aromatic N) is 3. The molecule has 2 rings (SSSR count). The van der Waals surface area contributed by atoms with E-state index in [4.69, 9.17) is 10.00 Å². The fourth-order valence-corrected chi connectivity index (χ4v) is 2.36. The highest BCUT2D eigenvalue weighted by Gasteiger charge is 2.10. The average Bonchev–Trinajstić information content (AvgIpc) is 2.94. The lowest BCUT2D eigenvalue weighted by molar-refractivity contribution is 0.182. The van der Waals surface area contributed by atoms with E-state index in [1.807, 2.05) is 23.6 Å². The Kier molecular flexibility index (Phi) is 4.44. The van der Waals surface area contributed by atoms with Crippen molar-refractivity contribution in [2.45, 2.75) is 13.0 Å². The molecule has 0 aliphatic heterocycles. The number of nitriles is 1. The van der Waals surface area contributed by atoms with Crippen molar-refractivity contribution in [2.75, 3.05) is 13.7 Å². The summed E-state index contributed by atoms with van der Waals surface area (Å²) in [5.41, 5.74) is 0.965. The van der Waals surface area contributed by atoms with E-state index in [9.17, 15) is 4.79 Å². The topological polar surface area (TPSA) is 67.9 Å². The van der Waals surface area contributed by atoms with Crippen molar-refractivity contribution in [3.8, 4) is 16.6 Å². The Morgan fingerprint density at radius 3 is 3.05 bits per heavy atom. The first-order valence-corrected chi connectivity index (χ1v) is 6.65. The van der Waals surface area contributed by atoms with Crippen molar-refractivity contribution in [2.24, 2.45) is 0 Å². The first kappa shape index (κ1) is 13.5. The van der Waals surface area contributed by atoms with Crippen LogP contribution in [0.5, 0.6) is 0 Å². The van der Waals surface area contributed by atoms with Gasteiger partial charge in [-0.3, -0.25) is 4.79 Å². The van der Waals surface area contributed by atoms with E-state index in [1.165, 1.54) is 4.68 Å². The summed E-state index contributed by atoms with van der Waals surface area (Å²) in [6.07, 6.45) is 0.0900. The quantitative estimate of drug-likeness (QED) is 0.832. The molecule has 2 aromatic heterocycles. The summed E-state index contributed by atoms with van der Waals surface area (Å²) in [6, 6.07) is 7.57. The van der Waals surface area contributed by atoms with Crippen LogP contribution < -0.4 is 5.56 Å². The van der Waals surface area contributed by atoms with E-state index in [1.54, 1.807) is 24.5 Å². The van der Waals surface area contributed by atoms with Gasteiger partial charge in [-0.05, 0) is 17.5 Å². The van der Waals surface area contributed by atoms with Gasteiger partial charge in [0.1, 0.15) is 5.69 Å². The summed E-state index contributed by atoms with van der Waals surface area (Å²) >= 11 is 1.55. The van der Waals surface area contributed by atoms with Crippen molar-refractivity contribution in [3.05, 3.63) is 39.5 Å². The summed E-state index contributed by atoms with van der Waals surface area (Å²) in [5, 5.41) is 15.1. The van der Waals surface area contributed by atoms with Gasteiger partial charge in [0.15, 0.2) is 0 Å². The first-order valence-electron chi connectivity index (χ1n) is 5.77. The number of hydrogen-bond acceptors (Lipinski definition) is 5. The molecule has 2 aromatic rings. The molecule has 0 aliphatic carbocycles. The largest absolute Gasteiger partial charge is 0.383 e. The summed E-state index contributed by atoms with van der Waals surface area (Å²) in [4.78, 5) is 13.1. The van der Waals surface area contributed by atoms with Gasteiger partial charge in [-0.15, -0.1) is 11.3 Å². The van der Waals surface area contributed by atoms with Gasteiger partial charge in [0.05, 0.1) is 30.5 Å². The number of methoxy groups -OCH3 is 1. The third kappa shape index (κ3) is 3.08. The summed E-state index contributed by atoms with van der Waals surface area (Å²) < 4.78 is 6.34. The second kappa shape index (κ2) is 6.27. The van der Waals surface area contributed by atoms with Crippen molar-refractivity contribution in [1.82, 2.24) is 9.78 Å². The van der Waals surface area contributed by atoms with Crippen molar-refractivity contribution in [1.29, 1.82) is 5.26 Å². The maximum absolute atomic E-state index is 12.1. The minimum atomic E-state index is -0.223. The van der Waals surface area contributed by atoms with Crippen LogP contribution in [0.15, 0.2) is 28.4 Å². The van der Waals surface area contributed by atoms with Crippen LogP contribution in [0.25, 0.3) is 10.6 Å². The molecule has 5 nitrogen and oxygen atoms in total. The van der Waals surface area contributed by atoms with Crippen molar-refractivity contribution >= 4 is 11.3 Å². The molecule has 2 heterocycles. The second-order valence-electron chi connectivity index (χ2n) is 3.89. The Morgan fingerprint density at radius 2 is 2.42 bits per heavy atom. The highest BCUT2D eigenvalue weighted by molar-refractivity contribution is 7.13. The molecule has 0 bridgehead atoms. The Labute approximate surface area is 114 Å². The molecule has 98 valence electrons. The Hall–Kier alpha value is -1.97. The molecule has 0 aromatic carbocycles. The molecule has 0 N–H and O–H groups in total. The number of hydrogen-bond donors (Lipinski definition) is 0. The van der Waals surface area contributed by atoms with Crippen LogP contribution in [-0.4, -0.2) is 23.5 Å². The van der Waals surface area contributed by atoms with E-state index in [0.29, 0.717) is 18.7 Å². The molecule has 0 saturated heterocycles. The predicted molar refractivity (Wildman–Crippen MR) is 73.0 cm³/mol. The van der Waals surface area contributed by atoms with Crippen LogP contribution >= 0.6 is 11.3 Å². The molecule has 0 aliphatic rings. The van der Waals surface area contributed by atoms with E-state index in [2.05, 4.69) is 5.10 Å². The van der Waals surface area contributed by atoms with Gasteiger partial charge in [-0.2, -0.15) is 10.4 Å². The van der Waals surface area contributed by atoms with Crippen molar-refractivity contribution < 1.29 is 4.74 Å². The zero-order chi connectivity index (χ0) is 13.7. The third-order valence-corrected chi connectivity index (χ3v) is 3.49. The maximum Gasteiger partial charge on any atom is 0.271 e. The van der Waals surface area contributed by atoms with Gasteiger partial charge in [0.25, 0.3) is 5.56 Å². The molecular formula is C13H13N3O2S. The summed E-state index contributed by atoms with van der Waals surface area (Å²) in [7, 11) is 1.57. The lowest BCUT2D eigenvalue weighted by Crippen LogP contribution is -2.28. The van der Waals surface area contributed by atoms with Crippen LogP contribution in [-0.2, 0) is 17.7 Å². The number of ether oxygens (including phenoxy) is 1. The van der Waals surface area contributed by atoms with Gasteiger partial charge in [-0.1, -0.05) is 6.07 Å². The third-order valence-electron chi connectivity index (χ3n) is 2.60. The number of aromatic nitrogens is 2. The fourth-order valence-electron chi connectivity index (χ4n) is 1.68. The van der Waals surface area contributed by atoms with Crippen LogP contribution in [0.1, 0.15) is 5.56 Å². The zero-order valence-corrected chi connectivity index (χ0v) is 11.3.